The fourth-order valence-corrected chi connectivity index (χ4v) is 3.15. The monoisotopic (exact) mass is 390 g/mol. The van der Waals surface area contributed by atoms with E-state index in [2.05, 4.69) is 9.71 Å². The molecular weight excluding hydrogens is 372 g/mol. The molecule has 27 heavy (non-hydrogen) atoms. The van der Waals surface area contributed by atoms with Crippen LogP contribution in [0.25, 0.3) is 0 Å². The second kappa shape index (κ2) is 8.14. The first-order valence-corrected chi connectivity index (χ1v) is 9.26. The highest BCUT2D eigenvalue weighted by atomic mass is 32.2. The Kier molecular flexibility index (Phi) is 5.67. The minimum Gasteiger partial charge on any atom is -0.506 e. The third-order valence-corrected chi connectivity index (χ3v) is 4.57. The summed E-state index contributed by atoms with van der Waals surface area (Å²) < 4.78 is 21.7. The van der Waals surface area contributed by atoms with Crippen molar-refractivity contribution in [3.8, 4) is 5.75 Å². The van der Waals surface area contributed by atoms with Gasteiger partial charge < -0.3 is 14.9 Å². The number of aromatic hydroxyl groups is 1. The predicted molar refractivity (Wildman–Crippen MR) is 98.5 cm³/mol. The fraction of sp³-hybridized carbons (Fsp3) is 0.235. The molecule has 1 aliphatic heterocycles. The second-order valence-electron chi connectivity index (χ2n) is 5.88. The van der Waals surface area contributed by atoms with E-state index in [1.165, 1.54) is 18.2 Å². The van der Waals surface area contributed by atoms with E-state index in [1.54, 1.807) is 34.2 Å². The summed E-state index contributed by atoms with van der Waals surface area (Å²) in [7, 11) is 0. The smallest absolute Gasteiger partial charge is 0.272 e. The Morgan fingerprint density at radius 3 is 2.26 bits per heavy atom. The van der Waals surface area contributed by atoms with Crippen molar-refractivity contribution in [2.75, 3.05) is 30.9 Å². The van der Waals surface area contributed by atoms with Gasteiger partial charge in [0.25, 0.3) is 23.1 Å². The molecule has 2 heterocycles. The van der Waals surface area contributed by atoms with Crippen molar-refractivity contribution in [2.45, 2.75) is 0 Å². The number of nitrogens with one attached hydrogen (secondary N) is 1. The van der Waals surface area contributed by atoms with Crippen LogP contribution in [-0.4, -0.2) is 66.6 Å². The number of hydrogen-bond acceptors (Lipinski definition) is 5. The van der Waals surface area contributed by atoms with Gasteiger partial charge in [-0.15, -0.1) is 0 Å². The molecule has 10 heteroatoms. The van der Waals surface area contributed by atoms with Gasteiger partial charge in [-0.2, -0.15) is 0 Å². The molecular formula is C17H18N4O5S. The number of piperazine rings is 1. The van der Waals surface area contributed by atoms with Gasteiger partial charge in [0, 0.05) is 37.9 Å². The van der Waals surface area contributed by atoms with Gasteiger partial charge >= 0.3 is 0 Å². The van der Waals surface area contributed by atoms with Gasteiger partial charge in [-0.25, -0.2) is 4.21 Å². The molecule has 1 fully saturated rings. The van der Waals surface area contributed by atoms with Gasteiger partial charge in [-0.05, 0) is 30.3 Å². The lowest BCUT2D eigenvalue weighted by Crippen LogP contribution is -2.50. The maximum absolute atomic E-state index is 12.6. The molecule has 3 N–H and O–H groups in total. The molecule has 0 spiro atoms. The zero-order chi connectivity index (χ0) is 19.4. The highest BCUT2D eigenvalue weighted by Crippen LogP contribution is 2.25. The van der Waals surface area contributed by atoms with Crippen LogP contribution >= 0.6 is 0 Å². The highest BCUT2D eigenvalue weighted by molar-refractivity contribution is 7.80. The van der Waals surface area contributed by atoms with Crippen LogP contribution in [0.3, 0.4) is 0 Å². The van der Waals surface area contributed by atoms with E-state index in [0.29, 0.717) is 31.9 Å². The summed E-state index contributed by atoms with van der Waals surface area (Å²) in [5, 5.41) is 9.89. The number of nitrogens with zero attached hydrogens (tertiary/aromatic N) is 3. The van der Waals surface area contributed by atoms with E-state index < -0.39 is 11.3 Å². The lowest BCUT2D eigenvalue weighted by molar-refractivity contribution is 0.0532. The molecule has 2 amide bonds. The van der Waals surface area contributed by atoms with E-state index in [1.807, 2.05) is 0 Å². The Hall–Kier alpha value is -2.98. The normalized spacial score (nSPS) is 15.3. The quantitative estimate of drug-likeness (QED) is 0.527. The van der Waals surface area contributed by atoms with Crippen LogP contribution in [0.5, 0.6) is 5.75 Å². The molecule has 0 radical (unpaired) electrons. The Bertz CT molecular complexity index is 869. The number of aromatic nitrogens is 1. The standard InChI is InChI=1S/C17H18N4O5S/c22-15-11-12(4-5-13(15)19-27(25)26)16(23)20-7-9-21(10-8-20)17(24)14-3-1-2-6-18-14/h1-6,11,19,22H,7-10H2,(H,25,26). The summed E-state index contributed by atoms with van der Waals surface area (Å²) in [6.07, 6.45) is 1.56. The Balaban J connectivity index is 1.62. The first-order valence-electron chi connectivity index (χ1n) is 8.16. The number of carbonyl (C=O) groups excluding carboxylic acids is 2. The molecule has 1 aromatic carbocycles. The third-order valence-electron chi connectivity index (χ3n) is 4.18. The Labute approximate surface area is 158 Å². The van der Waals surface area contributed by atoms with Gasteiger partial charge in [0.1, 0.15) is 11.4 Å². The summed E-state index contributed by atoms with van der Waals surface area (Å²) in [4.78, 5) is 32.3. The summed E-state index contributed by atoms with van der Waals surface area (Å²) in [5.74, 6) is -0.758. The molecule has 1 unspecified atom stereocenters. The number of amides is 2. The number of carbonyl (C=O) groups is 2. The number of phenolic OH excluding ortho intramolecular Hbond substituents is 1. The largest absolute Gasteiger partial charge is 0.506 e. The molecule has 0 aliphatic carbocycles. The van der Waals surface area contributed by atoms with E-state index >= 15 is 0 Å². The number of phenols is 1. The van der Waals surface area contributed by atoms with Crippen molar-refractivity contribution in [2.24, 2.45) is 0 Å². The molecule has 1 aromatic heterocycles. The number of rotatable bonds is 4. The van der Waals surface area contributed by atoms with Crippen molar-refractivity contribution in [3.63, 3.8) is 0 Å². The average molecular weight is 390 g/mol. The molecule has 0 saturated carbocycles. The topological polar surface area (TPSA) is 123 Å². The van der Waals surface area contributed by atoms with Crippen LogP contribution in [0.4, 0.5) is 5.69 Å². The van der Waals surface area contributed by atoms with Crippen molar-refractivity contribution in [1.29, 1.82) is 0 Å². The van der Waals surface area contributed by atoms with E-state index in [-0.39, 0.29) is 28.8 Å². The SMILES string of the molecule is O=C(c1ccc(NS(=O)O)c(O)c1)N1CCN(C(=O)c2ccccn2)CC1. The number of anilines is 1. The lowest BCUT2D eigenvalue weighted by Gasteiger charge is -2.34. The molecule has 0 bridgehead atoms. The van der Waals surface area contributed by atoms with Gasteiger partial charge in [0.05, 0.1) is 5.69 Å². The Morgan fingerprint density at radius 1 is 1.04 bits per heavy atom. The first-order chi connectivity index (χ1) is 13.0. The minimum absolute atomic E-state index is 0.0539. The molecule has 2 aromatic rings. The van der Waals surface area contributed by atoms with E-state index in [0.717, 1.165) is 0 Å². The van der Waals surface area contributed by atoms with Crippen molar-refractivity contribution >= 4 is 28.8 Å². The van der Waals surface area contributed by atoms with Crippen LogP contribution < -0.4 is 4.72 Å². The van der Waals surface area contributed by atoms with Crippen LogP contribution in [0, 0.1) is 0 Å². The van der Waals surface area contributed by atoms with Crippen molar-refractivity contribution in [1.82, 2.24) is 14.8 Å². The van der Waals surface area contributed by atoms with E-state index in [9.17, 15) is 18.9 Å². The van der Waals surface area contributed by atoms with Gasteiger partial charge in [-0.3, -0.25) is 23.8 Å². The van der Waals surface area contributed by atoms with Crippen LogP contribution in [0.2, 0.25) is 0 Å². The van der Waals surface area contributed by atoms with E-state index in [4.69, 9.17) is 4.55 Å². The number of benzene rings is 1. The van der Waals surface area contributed by atoms with Gasteiger partial charge in [0.15, 0.2) is 0 Å². The summed E-state index contributed by atoms with van der Waals surface area (Å²) in [5.41, 5.74) is 0.677. The van der Waals surface area contributed by atoms with Gasteiger partial charge in [-0.1, -0.05) is 6.07 Å². The first kappa shape index (κ1) is 18.8. The zero-order valence-electron chi connectivity index (χ0n) is 14.2. The molecule has 1 saturated heterocycles. The second-order valence-corrected chi connectivity index (χ2v) is 6.58. The maximum atomic E-state index is 12.6. The summed E-state index contributed by atoms with van der Waals surface area (Å²) >= 11 is -2.32. The van der Waals surface area contributed by atoms with Crippen molar-refractivity contribution < 1.29 is 23.5 Å². The maximum Gasteiger partial charge on any atom is 0.272 e. The molecule has 1 aliphatic rings. The third kappa shape index (κ3) is 4.41. The highest BCUT2D eigenvalue weighted by Gasteiger charge is 2.26. The summed E-state index contributed by atoms with van der Waals surface area (Å²) in [6, 6.07) is 9.19. The predicted octanol–water partition coefficient (Wildman–Crippen LogP) is 0.934. The number of hydrogen-bond donors (Lipinski definition) is 3. The van der Waals surface area contributed by atoms with Gasteiger partial charge in [0.2, 0.25) is 0 Å². The lowest BCUT2D eigenvalue weighted by atomic mass is 10.1. The molecule has 142 valence electrons. The van der Waals surface area contributed by atoms with Crippen LogP contribution in [0.15, 0.2) is 42.6 Å². The molecule has 9 nitrogen and oxygen atoms in total. The average Bonchev–Trinajstić information content (AvgIpc) is 2.69. The molecule has 3 rings (SSSR count). The number of pyridine rings is 1. The van der Waals surface area contributed by atoms with Crippen molar-refractivity contribution in [3.05, 3.63) is 53.9 Å². The molecule has 1 atom stereocenters. The summed E-state index contributed by atoms with van der Waals surface area (Å²) in [6.45, 7) is 1.49. The van der Waals surface area contributed by atoms with Crippen LogP contribution in [0.1, 0.15) is 20.8 Å². The Morgan fingerprint density at radius 2 is 1.70 bits per heavy atom. The van der Waals surface area contributed by atoms with Crippen LogP contribution in [-0.2, 0) is 11.3 Å². The fourth-order valence-electron chi connectivity index (χ4n) is 2.79. The minimum atomic E-state index is -2.32. The zero-order valence-corrected chi connectivity index (χ0v) is 15.1.